The summed E-state index contributed by atoms with van der Waals surface area (Å²) in [4.78, 5) is 10.5. The van der Waals surface area contributed by atoms with E-state index in [1.54, 1.807) is 24.3 Å². The zero-order chi connectivity index (χ0) is 12.1. The molecule has 0 spiro atoms. The SMILES string of the molecule is C/C(=C/CNc1cccc(Cl)c1Cl)C(=O)O. The van der Waals surface area contributed by atoms with Gasteiger partial charge in [-0.3, -0.25) is 0 Å². The molecule has 0 fully saturated rings. The standard InChI is InChI=1S/C11H11Cl2NO2/c1-7(11(15)16)5-6-14-9-4-2-3-8(12)10(9)13/h2-5,14H,6H2,1H3,(H,15,16)/b7-5-. The lowest BCUT2D eigenvalue weighted by atomic mass is 10.2. The molecule has 0 atom stereocenters. The fourth-order valence-electron chi connectivity index (χ4n) is 1.04. The highest BCUT2D eigenvalue weighted by Crippen LogP contribution is 2.29. The summed E-state index contributed by atoms with van der Waals surface area (Å²) in [5.41, 5.74) is 0.967. The second-order valence-corrected chi connectivity index (χ2v) is 3.96. The first-order valence-corrected chi connectivity index (χ1v) is 5.36. The van der Waals surface area contributed by atoms with Crippen LogP contribution < -0.4 is 5.32 Å². The van der Waals surface area contributed by atoms with Crippen molar-refractivity contribution in [3.8, 4) is 0 Å². The summed E-state index contributed by atoms with van der Waals surface area (Å²) in [5, 5.41) is 12.5. The number of nitrogens with one attached hydrogen (secondary N) is 1. The van der Waals surface area contributed by atoms with E-state index in [0.29, 0.717) is 22.3 Å². The van der Waals surface area contributed by atoms with Gasteiger partial charge >= 0.3 is 5.97 Å². The maximum absolute atomic E-state index is 10.5. The maximum atomic E-state index is 10.5. The Kier molecular flexibility index (Phi) is 4.65. The first-order chi connectivity index (χ1) is 7.52. The Hall–Kier alpha value is -1.19. The first kappa shape index (κ1) is 12.9. The van der Waals surface area contributed by atoms with Crippen molar-refractivity contribution < 1.29 is 9.90 Å². The molecular weight excluding hydrogens is 249 g/mol. The van der Waals surface area contributed by atoms with E-state index in [4.69, 9.17) is 28.3 Å². The van der Waals surface area contributed by atoms with Gasteiger partial charge in [-0.1, -0.05) is 35.3 Å². The Morgan fingerprint density at radius 1 is 1.50 bits per heavy atom. The molecule has 1 rings (SSSR count). The highest BCUT2D eigenvalue weighted by Gasteiger charge is 2.03. The molecule has 5 heteroatoms. The Morgan fingerprint density at radius 2 is 2.19 bits per heavy atom. The Bertz CT molecular complexity index is 430. The minimum Gasteiger partial charge on any atom is -0.478 e. The molecule has 0 saturated heterocycles. The lowest BCUT2D eigenvalue weighted by Gasteiger charge is -2.07. The molecule has 0 saturated carbocycles. The van der Waals surface area contributed by atoms with Crippen LogP contribution in [0.15, 0.2) is 29.8 Å². The van der Waals surface area contributed by atoms with E-state index in [0.717, 1.165) is 0 Å². The topological polar surface area (TPSA) is 49.3 Å². The van der Waals surface area contributed by atoms with Crippen LogP contribution in [0.5, 0.6) is 0 Å². The van der Waals surface area contributed by atoms with Crippen LogP contribution in [-0.4, -0.2) is 17.6 Å². The number of carbonyl (C=O) groups is 1. The number of carboxylic acids is 1. The molecule has 0 unspecified atom stereocenters. The molecule has 3 nitrogen and oxygen atoms in total. The molecule has 86 valence electrons. The van der Waals surface area contributed by atoms with Crippen LogP contribution in [0.4, 0.5) is 5.69 Å². The van der Waals surface area contributed by atoms with Gasteiger partial charge in [-0.25, -0.2) is 4.79 Å². The average molecular weight is 260 g/mol. The van der Waals surface area contributed by atoms with Gasteiger partial charge in [0.05, 0.1) is 15.7 Å². The van der Waals surface area contributed by atoms with Crippen LogP contribution in [0.2, 0.25) is 10.0 Å². The summed E-state index contributed by atoms with van der Waals surface area (Å²) < 4.78 is 0. The zero-order valence-electron chi connectivity index (χ0n) is 8.63. The van der Waals surface area contributed by atoms with Crippen LogP contribution in [0.1, 0.15) is 6.92 Å². The molecule has 0 radical (unpaired) electrons. The molecule has 0 aliphatic carbocycles. The van der Waals surface area contributed by atoms with E-state index in [1.165, 1.54) is 6.92 Å². The number of aliphatic carboxylic acids is 1. The number of halogens is 2. The summed E-state index contributed by atoms with van der Waals surface area (Å²) in [6, 6.07) is 5.23. The lowest BCUT2D eigenvalue weighted by molar-refractivity contribution is -0.132. The first-order valence-electron chi connectivity index (χ1n) is 4.60. The molecule has 0 amide bonds. The van der Waals surface area contributed by atoms with Crippen LogP contribution in [0.25, 0.3) is 0 Å². The molecular formula is C11H11Cl2NO2. The van der Waals surface area contributed by atoms with Gasteiger partial charge in [0.25, 0.3) is 0 Å². The van der Waals surface area contributed by atoms with E-state index in [9.17, 15) is 4.79 Å². The number of benzene rings is 1. The zero-order valence-corrected chi connectivity index (χ0v) is 10.1. The predicted octanol–water partition coefficient (Wildman–Crippen LogP) is 3.44. The van der Waals surface area contributed by atoms with Gasteiger partial charge in [-0.2, -0.15) is 0 Å². The molecule has 16 heavy (non-hydrogen) atoms. The molecule has 1 aromatic carbocycles. The molecule has 0 aliphatic heterocycles. The lowest BCUT2D eigenvalue weighted by Crippen LogP contribution is -2.03. The normalized spacial score (nSPS) is 11.3. The van der Waals surface area contributed by atoms with Crippen LogP contribution in [0.3, 0.4) is 0 Å². The van der Waals surface area contributed by atoms with Gasteiger partial charge in [-0.05, 0) is 19.1 Å². The third-order valence-electron chi connectivity index (χ3n) is 1.99. The maximum Gasteiger partial charge on any atom is 0.331 e. The van der Waals surface area contributed by atoms with Crippen LogP contribution in [-0.2, 0) is 4.79 Å². The Balaban J connectivity index is 2.66. The van der Waals surface area contributed by atoms with Crippen molar-refractivity contribution in [3.63, 3.8) is 0 Å². The van der Waals surface area contributed by atoms with Crippen molar-refractivity contribution >= 4 is 34.9 Å². The number of carboxylic acid groups (broad SMARTS) is 1. The fourth-order valence-corrected chi connectivity index (χ4v) is 1.41. The molecule has 0 aromatic heterocycles. The summed E-state index contributed by atoms with van der Waals surface area (Å²) in [6.07, 6.45) is 1.57. The Labute approximate surface area is 104 Å². The van der Waals surface area contributed by atoms with Crippen molar-refractivity contribution in [2.24, 2.45) is 0 Å². The smallest absolute Gasteiger partial charge is 0.331 e. The van der Waals surface area contributed by atoms with E-state index >= 15 is 0 Å². The van der Waals surface area contributed by atoms with Crippen molar-refractivity contribution in [1.29, 1.82) is 0 Å². The largest absolute Gasteiger partial charge is 0.478 e. The predicted molar refractivity (Wildman–Crippen MR) is 66.3 cm³/mol. The average Bonchev–Trinajstić information content (AvgIpc) is 2.24. The van der Waals surface area contributed by atoms with Crippen LogP contribution in [0, 0.1) is 0 Å². The summed E-state index contributed by atoms with van der Waals surface area (Å²) in [7, 11) is 0. The highest BCUT2D eigenvalue weighted by molar-refractivity contribution is 6.43. The van der Waals surface area contributed by atoms with Crippen molar-refractivity contribution in [2.45, 2.75) is 6.92 Å². The van der Waals surface area contributed by atoms with Crippen molar-refractivity contribution in [1.82, 2.24) is 0 Å². The summed E-state index contributed by atoms with van der Waals surface area (Å²) in [5.74, 6) is -0.931. The molecule has 0 heterocycles. The molecule has 1 aromatic rings. The van der Waals surface area contributed by atoms with Gasteiger partial charge in [0.15, 0.2) is 0 Å². The highest BCUT2D eigenvalue weighted by atomic mass is 35.5. The quantitative estimate of drug-likeness (QED) is 0.815. The third kappa shape index (κ3) is 3.43. The van der Waals surface area contributed by atoms with E-state index < -0.39 is 5.97 Å². The summed E-state index contributed by atoms with van der Waals surface area (Å²) in [6.45, 7) is 1.92. The van der Waals surface area contributed by atoms with Gasteiger partial charge in [-0.15, -0.1) is 0 Å². The minimum absolute atomic E-state index is 0.283. The van der Waals surface area contributed by atoms with Gasteiger partial charge in [0, 0.05) is 12.1 Å². The fraction of sp³-hybridized carbons (Fsp3) is 0.182. The second-order valence-electron chi connectivity index (χ2n) is 3.17. The Morgan fingerprint density at radius 3 is 2.81 bits per heavy atom. The summed E-state index contributed by atoms with van der Waals surface area (Å²) >= 11 is 11.8. The van der Waals surface area contributed by atoms with E-state index in [-0.39, 0.29) is 5.57 Å². The number of hydrogen-bond donors (Lipinski definition) is 2. The van der Waals surface area contributed by atoms with Gasteiger partial charge in [0.1, 0.15) is 0 Å². The molecule has 0 aliphatic rings. The molecule has 2 N–H and O–H groups in total. The van der Waals surface area contributed by atoms with E-state index in [2.05, 4.69) is 5.32 Å². The van der Waals surface area contributed by atoms with Crippen molar-refractivity contribution in [2.75, 3.05) is 11.9 Å². The van der Waals surface area contributed by atoms with E-state index in [1.807, 2.05) is 0 Å². The third-order valence-corrected chi connectivity index (χ3v) is 2.81. The second kappa shape index (κ2) is 5.77. The van der Waals surface area contributed by atoms with Crippen molar-refractivity contribution in [3.05, 3.63) is 39.9 Å². The van der Waals surface area contributed by atoms with Gasteiger partial charge < -0.3 is 10.4 Å². The van der Waals surface area contributed by atoms with Gasteiger partial charge in [0.2, 0.25) is 0 Å². The number of rotatable bonds is 4. The number of hydrogen-bond acceptors (Lipinski definition) is 2. The van der Waals surface area contributed by atoms with Crippen LogP contribution >= 0.6 is 23.2 Å². The molecule has 0 bridgehead atoms. The number of anilines is 1. The monoisotopic (exact) mass is 259 g/mol. The minimum atomic E-state index is -0.931.